The summed E-state index contributed by atoms with van der Waals surface area (Å²) in [6.07, 6.45) is 0. The van der Waals surface area contributed by atoms with E-state index in [1.54, 1.807) is 12.1 Å². The van der Waals surface area contributed by atoms with Crippen molar-refractivity contribution in [2.45, 2.75) is 12.2 Å². The van der Waals surface area contributed by atoms with E-state index in [1.807, 2.05) is 30.0 Å². The van der Waals surface area contributed by atoms with E-state index in [-0.39, 0.29) is 0 Å². The first-order valence-corrected chi connectivity index (χ1v) is 7.69. The van der Waals surface area contributed by atoms with Gasteiger partial charge in [0, 0.05) is 29.5 Å². The summed E-state index contributed by atoms with van der Waals surface area (Å²) >= 11 is 1.98. The monoisotopic (exact) mass is 288 g/mol. The third-order valence-corrected chi connectivity index (χ3v) is 4.65. The lowest BCUT2D eigenvalue weighted by Gasteiger charge is -2.31. The first-order valence-electron chi connectivity index (χ1n) is 6.65. The SMILES string of the molecule is CC1CN(c2ccc3c(C(=O)O)cccc3n2)CCS1. The standard InChI is InChI=1S/C15H16N2O2S/c1-10-9-17(7-8-20-10)14-6-5-11-12(15(18)19)3-2-4-13(11)16-14/h2-6,10H,7-9H2,1H3,(H,18,19). The molecule has 20 heavy (non-hydrogen) atoms. The minimum absolute atomic E-state index is 0.309. The molecule has 1 fully saturated rings. The lowest BCUT2D eigenvalue weighted by atomic mass is 10.1. The van der Waals surface area contributed by atoms with Gasteiger partial charge in [-0.05, 0) is 24.3 Å². The van der Waals surface area contributed by atoms with E-state index < -0.39 is 5.97 Å². The van der Waals surface area contributed by atoms with Gasteiger partial charge in [-0.2, -0.15) is 11.8 Å². The Bertz CT molecular complexity index is 659. The second kappa shape index (κ2) is 5.32. The number of carbonyl (C=O) groups is 1. The molecule has 5 heteroatoms. The van der Waals surface area contributed by atoms with Crippen LogP contribution in [-0.2, 0) is 0 Å². The molecular formula is C15H16N2O2S. The van der Waals surface area contributed by atoms with E-state index in [1.165, 1.54) is 0 Å². The maximum Gasteiger partial charge on any atom is 0.336 e. The van der Waals surface area contributed by atoms with Crippen molar-refractivity contribution in [2.75, 3.05) is 23.7 Å². The van der Waals surface area contributed by atoms with Crippen molar-refractivity contribution in [1.29, 1.82) is 0 Å². The fourth-order valence-electron chi connectivity index (χ4n) is 2.53. The molecule has 2 aromatic rings. The highest BCUT2D eigenvalue weighted by Crippen LogP contribution is 2.25. The van der Waals surface area contributed by atoms with Gasteiger partial charge in [-0.15, -0.1) is 0 Å². The van der Waals surface area contributed by atoms with Gasteiger partial charge in [0.25, 0.3) is 0 Å². The molecule has 4 nitrogen and oxygen atoms in total. The van der Waals surface area contributed by atoms with E-state index in [2.05, 4.69) is 16.8 Å². The molecular weight excluding hydrogens is 272 g/mol. The fourth-order valence-corrected chi connectivity index (χ4v) is 3.55. The number of pyridine rings is 1. The second-order valence-electron chi connectivity index (χ2n) is 4.97. The summed E-state index contributed by atoms with van der Waals surface area (Å²) in [6, 6.07) is 9.03. The van der Waals surface area contributed by atoms with E-state index >= 15 is 0 Å². The van der Waals surface area contributed by atoms with Gasteiger partial charge in [-0.3, -0.25) is 0 Å². The van der Waals surface area contributed by atoms with Crippen molar-refractivity contribution >= 4 is 34.5 Å². The topological polar surface area (TPSA) is 53.4 Å². The summed E-state index contributed by atoms with van der Waals surface area (Å²) < 4.78 is 0. The number of hydrogen-bond donors (Lipinski definition) is 1. The van der Waals surface area contributed by atoms with Crippen molar-refractivity contribution in [3.63, 3.8) is 0 Å². The minimum atomic E-state index is -0.909. The Morgan fingerprint density at radius 3 is 3.00 bits per heavy atom. The number of carboxylic acids is 1. The lowest BCUT2D eigenvalue weighted by molar-refractivity contribution is 0.0699. The van der Waals surface area contributed by atoms with Crippen LogP contribution in [0.5, 0.6) is 0 Å². The lowest BCUT2D eigenvalue weighted by Crippen LogP contribution is -2.37. The zero-order valence-electron chi connectivity index (χ0n) is 11.2. The Morgan fingerprint density at radius 2 is 2.25 bits per heavy atom. The number of hydrogen-bond acceptors (Lipinski definition) is 4. The van der Waals surface area contributed by atoms with E-state index in [4.69, 9.17) is 0 Å². The summed E-state index contributed by atoms with van der Waals surface area (Å²) in [6.45, 7) is 4.20. The molecule has 1 aromatic carbocycles. The quantitative estimate of drug-likeness (QED) is 0.921. The molecule has 1 unspecified atom stereocenters. The number of nitrogens with zero attached hydrogens (tertiary/aromatic N) is 2. The van der Waals surface area contributed by atoms with Gasteiger partial charge in [-0.25, -0.2) is 9.78 Å². The highest BCUT2D eigenvalue weighted by Gasteiger charge is 2.18. The molecule has 0 spiro atoms. The van der Waals surface area contributed by atoms with Crippen LogP contribution in [-0.4, -0.2) is 40.2 Å². The smallest absolute Gasteiger partial charge is 0.336 e. The summed E-state index contributed by atoms with van der Waals surface area (Å²) in [5, 5.41) is 10.5. The van der Waals surface area contributed by atoms with Crippen LogP contribution in [0.1, 0.15) is 17.3 Å². The van der Waals surface area contributed by atoms with Gasteiger partial charge < -0.3 is 10.0 Å². The largest absolute Gasteiger partial charge is 0.478 e. The molecule has 3 rings (SSSR count). The van der Waals surface area contributed by atoms with Gasteiger partial charge in [0.15, 0.2) is 0 Å². The van der Waals surface area contributed by atoms with Crippen LogP contribution in [0.25, 0.3) is 10.9 Å². The first-order chi connectivity index (χ1) is 9.65. The van der Waals surface area contributed by atoms with E-state index in [9.17, 15) is 9.90 Å². The van der Waals surface area contributed by atoms with Crippen LogP contribution in [0.4, 0.5) is 5.82 Å². The molecule has 0 saturated carbocycles. The van der Waals surface area contributed by atoms with Crippen molar-refractivity contribution in [3.8, 4) is 0 Å². The number of thioether (sulfide) groups is 1. The van der Waals surface area contributed by atoms with E-state index in [0.29, 0.717) is 16.2 Å². The van der Waals surface area contributed by atoms with Crippen molar-refractivity contribution in [1.82, 2.24) is 4.98 Å². The third kappa shape index (κ3) is 2.45. The van der Waals surface area contributed by atoms with Crippen LogP contribution >= 0.6 is 11.8 Å². The van der Waals surface area contributed by atoms with Gasteiger partial charge in [0.05, 0.1) is 11.1 Å². The van der Waals surface area contributed by atoms with Gasteiger partial charge in [0.1, 0.15) is 5.82 Å². The van der Waals surface area contributed by atoms with Crippen LogP contribution in [0.2, 0.25) is 0 Å². The molecule has 2 heterocycles. The van der Waals surface area contributed by atoms with E-state index in [0.717, 1.165) is 30.2 Å². The normalized spacial score (nSPS) is 19.2. The highest BCUT2D eigenvalue weighted by atomic mass is 32.2. The molecule has 0 radical (unpaired) electrons. The van der Waals surface area contributed by atoms with Gasteiger partial charge >= 0.3 is 5.97 Å². The molecule has 1 N–H and O–H groups in total. The zero-order valence-corrected chi connectivity index (χ0v) is 12.1. The number of aromatic nitrogens is 1. The van der Waals surface area contributed by atoms with Crippen molar-refractivity contribution in [2.24, 2.45) is 0 Å². The third-order valence-electron chi connectivity index (χ3n) is 3.51. The minimum Gasteiger partial charge on any atom is -0.478 e. The van der Waals surface area contributed by atoms with Crippen molar-refractivity contribution in [3.05, 3.63) is 35.9 Å². The number of fused-ring (bicyclic) bond motifs is 1. The Labute approximate surface area is 121 Å². The maximum absolute atomic E-state index is 11.2. The number of anilines is 1. The van der Waals surface area contributed by atoms with Gasteiger partial charge in [-0.1, -0.05) is 13.0 Å². The maximum atomic E-state index is 11.2. The molecule has 0 amide bonds. The zero-order chi connectivity index (χ0) is 14.1. The molecule has 1 saturated heterocycles. The average Bonchev–Trinajstić information content (AvgIpc) is 2.46. The first kappa shape index (κ1) is 13.2. The molecule has 1 aliphatic rings. The predicted octanol–water partition coefficient (Wildman–Crippen LogP) is 2.87. The Morgan fingerprint density at radius 1 is 1.40 bits per heavy atom. The Balaban J connectivity index is 2.01. The fraction of sp³-hybridized carbons (Fsp3) is 0.333. The average molecular weight is 288 g/mol. The van der Waals surface area contributed by atoms with Crippen molar-refractivity contribution < 1.29 is 9.90 Å². The molecule has 1 aliphatic heterocycles. The van der Waals surface area contributed by atoms with Crippen LogP contribution in [0.3, 0.4) is 0 Å². The second-order valence-corrected chi connectivity index (χ2v) is 6.52. The molecule has 0 bridgehead atoms. The molecule has 104 valence electrons. The number of rotatable bonds is 2. The van der Waals surface area contributed by atoms with Crippen LogP contribution in [0, 0.1) is 0 Å². The summed E-state index contributed by atoms with van der Waals surface area (Å²) in [7, 11) is 0. The number of aromatic carboxylic acids is 1. The molecule has 1 atom stereocenters. The molecule has 0 aliphatic carbocycles. The summed E-state index contributed by atoms with van der Waals surface area (Å²) in [4.78, 5) is 18.1. The molecule has 1 aromatic heterocycles. The number of carboxylic acid groups (broad SMARTS) is 1. The summed E-state index contributed by atoms with van der Waals surface area (Å²) in [5.74, 6) is 1.14. The highest BCUT2D eigenvalue weighted by molar-refractivity contribution is 8.00. The van der Waals surface area contributed by atoms with Gasteiger partial charge in [0.2, 0.25) is 0 Å². The van der Waals surface area contributed by atoms with Crippen LogP contribution in [0.15, 0.2) is 30.3 Å². The summed E-state index contributed by atoms with van der Waals surface area (Å²) in [5.41, 5.74) is 1.05. The predicted molar refractivity (Wildman–Crippen MR) is 82.8 cm³/mol. The number of benzene rings is 1. The Hall–Kier alpha value is -1.75. The van der Waals surface area contributed by atoms with Crippen LogP contribution < -0.4 is 4.90 Å². The Kier molecular flexibility index (Phi) is 3.53.